The van der Waals surface area contributed by atoms with E-state index in [4.69, 9.17) is 23.2 Å². The van der Waals surface area contributed by atoms with Gasteiger partial charge in [0.1, 0.15) is 0 Å². The molecule has 118 valence electrons. The largest absolute Gasteiger partial charge is 0.350 e. The molecule has 0 unspecified atom stereocenters. The lowest BCUT2D eigenvalue weighted by Gasteiger charge is -2.06. The highest BCUT2D eigenvalue weighted by atomic mass is 35.5. The molecule has 2 aromatic rings. The third kappa shape index (κ3) is 4.70. The number of halogens is 2. The average molecular weight is 357 g/mol. The van der Waals surface area contributed by atoms with Gasteiger partial charge in [-0.05, 0) is 18.1 Å². The van der Waals surface area contributed by atoms with Gasteiger partial charge in [-0.15, -0.1) is 11.3 Å². The summed E-state index contributed by atoms with van der Waals surface area (Å²) in [4.78, 5) is 16.4. The van der Waals surface area contributed by atoms with E-state index in [1.165, 1.54) is 0 Å². The van der Waals surface area contributed by atoms with E-state index in [0.29, 0.717) is 35.3 Å². The number of nitrogens with zero attached hydrogens (tertiary/aromatic N) is 1. The second-order valence-corrected chi connectivity index (χ2v) is 7.00. The smallest absolute Gasteiger partial charge is 0.220 e. The highest BCUT2D eigenvalue weighted by molar-refractivity contribution is 7.09. The van der Waals surface area contributed by atoms with E-state index in [-0.39, 0.29) is 5.91 Å². The lowest BCUT2D eigenvalue weighted by atomic mass is 10.1. The first-order chi connectivity index (χ1) is 10.5. The maximum atomic E-state index is 11.9. The van der Waals surface area contributed by atoms with Crippen molar-refractivity contribution in [2.45, 2.75) is 39.2 Å². The lowest BCUT2D eigenvalue weighted by molar-refractivity contribution is -0.121. The fourth-order valence-corrected chi connectivity index (χ4v) is 3.19. The zero-order chi connectivity index (χ0) is 16.1. The molecule has 0 saturated heterocycles. The Hall–Kier alpha value is -1.10. The monoisotopic (exact) mass is 356 g/mol. The van der Waals surface area contributed by atoms with Crippen LogP contribution >= 0.6 is 34.5 Å². The van der Waals surface area contributed by atoms with E-state index in [9.17, 15) is 4.79 Å². The molecular weight excluding hydrogens is 339 g/mol. The zero-order valence-corrected chi connectivity index (χ0v) is 14.9. The Balaban J connectivity index is 1.81. The van der Waals surface area contributed by atoms with E-state index in [2.05, 4.69) is 24.1 Å². The van der Waals surface area contributed by atoms with Crippen LogP contribution in [0, 0.1) is 0 Å². The van der Waals surface area contributed by atoms with Gasteiger partial charge in [-0.25, -0.2) is 4.98 Å². The van der Waals surface area contributed by atoms with Gasteiger partial charge in [0.2, 0.25) is 5.91 Å². The van der Waals surface area contributed by atoms with Crippen molar-refractivity contribution in [2.24, 2.45) is 0 Å². The summed E-state index contributed by atoms with van der Waals surface area (Å²) in [6.07, 6.45) is 0.945. The van der Waals surface area contributed by atoms with Gasteiger partial charge in [-0.3, -0.25) is 4.79 Å². The molecule has 1 N–H and O–H groups in total. The molecule has 0 aliphatic carbocycles. The number of carbonyl (C=O) groups excluding carboxylic acids is 1. The van der Waals surface area contributed by atoms with Gasteiger partial charge in [0.05, 0.1) is 27.3 Å². The van der Waals surface area contributed by atoms with Gasteiger partial charge in [-0.2, -0.15) is 0 Å². The van der Waals surface area contributed by atoms with Gasteiger partial charge in [0.15, 0.2) is 0 Å². The van der Waals surface area contributed by atoms with Crippen molar-refractivity contribution >= 4 is 40.4 Å². The Morgan fingerprint density at radius 3 is 2.82 bits per heavy atom. The van der Waals surface area contributed by atoms with Crippen LogP contribution in [0.25, 0.3) is 0 Å². The molecule has 0 radical (unpaired) electrons. The van der Waals surface area contributed by atoms with Crippen LogP contribution in [-0.4, -0.2) is 10.9 Å². The van der Waals surface area contributed by atoms with E-state index in [1.807, 2.05) is 17.5 Å². The molecule has 1 aromatic heterocycles. The number of carbonyl (C=O) groups is 1. The minimum absolute atomic E-state index is 0.0184. The maximum absolute atomic E-state index is 11.9. The Morgan fingerprint density at radius 1 is 1.36 bits per heavy atom. The third-order valence-electron chi connectivity index (χ3n) is 3.18. The van der Waals surface area contributed by atoms with Gasteiger partial charge in [-0.1, -0.05) is 49.2 Å². The molecule has 3 nitrogen and oxygen atoms in total. The SMILES string of the molecule is CC(C)c1nc(CNC(=O)CCc2cccc(Cl)c2Cl)cs1. The quantitative estimate of drug-likeness (QED) is 0.805. The number of amides is 1. The van der Waals surface area contributed by atoms with Gasteiger partial charge < -0.3 is 5.32 Å². The van der Waals surface area contributed by atoms with E-state index < -0.39 is 0 Å². The standard InChI is InChI=1S/C16H18Cl2N2OS/c1-10(2)16-20-12(9-22-16)8-19-14(21)7-6-11-4-3-5-13(17)15(11)18/h3-5,9-10H,6-8H2,1-2H3,(H,19,21). The second-order valence-electron chi connectivity index (χ2n) is 5.32. The zero-order valence-electron chi connectivity index (χ0n) is 12.5. The number of rotatable bonds is 6. The Labute approximate surface area is 144 Å². The predicted octanol–water partition coefficient (Wildman–Crippen LogP) is 4.82. The number of nitrogens with one attached hydrogen (secondary N) is 1. The Bertz CT molecular complexity index is 655. The molecule has 22 heavy (non-hydrogen) atoms. The molecule has 1 heterocycles. The van der Waals surface area contributed by atoms with Crippen molar-refractivity contribution in [3.8, 4) is 0 Å². The van der Waals surface area contributed by atoms with Crippen LogP contribution in [0.2, 0.25) is 10.0 Å². The van der Waals surface area contributed by atoms with Gasteiger partial charge >= 0.3 is 0 Å². The van der Waals surface area contributed by atoms with Gasteiger partial charge in [0, 0.05) is 17.7 Å². The molecule has 1 amide bonds. The van der Waals surface area contributed by atoms with Crippen molar-refractivity contribution in [1.82, 2.24) is 10.3 Å². The van der Waals surface area contributed by atoms with E-state index >= 15 is 0 Å². The summed E-state index contributed by atoms with van der Waals surface area (Å²) in [5.74, 6) is 0.398. The number of benzene rings is 1. The molecule has 1 aromatic carbocycles. The summed E-state index contributed by atoms with van der Waals surface area (Å²) in [7, 11) is 0. The topological polar surface area (TPSA) is 42.0 Å². The van der Waals surface area contributed by atoms with Crippen LogP contribution in [0.4, 0.5) is 0 Å². The predicted molar refractivity (Wildman–Crippen MR) is 92.8 cm³/mol. The first-order valence-electron chi connectivity index (χ1n) is 7.11. The second kappa shape index (κ2) is 7.95. The van der Waals surface area contributed by atoms with Crippen LogP contribution < -0.4 is 5.32 Å². The van der Waals surface area contributed by atoms with Crippen LogP contribution in [0.5, 0.6) is 0 Å². The molecular formula is C16H18Cl2N2OS. The highest BCUT2D eigenvalue weighted by Gasteiger charge is 2.09. The van der Waals surface area contributed by atoms with E-state index in [0.717, 1.165) is 16.3 Å². The van der Waals surface area contributed by atoms with Crippen molar-refractivity contribution in [2.75, 3.05) is 0 Å². The first-order valence-corrected chi connectivity index (χ1v) is 8.74. The maximum Gasteiger partial charge on any atom is 0.220 e. The van der Waals surface area contributed by atoms with Crippen LogP contribution in [-0.2, 0) is 17.8 Å². The summed E-state index contributed by atoms with van der Waals surface area (Å²) < 4.78 is 0. The van der Waals surface area contributed by atoms with Crippen molar-refractivity contribution in [3.63, 3.8) is 0 Å². The lowest BCUT2D eigenvalue weighted by Crippen LogP contribution is -2.23. The summed E-state index contributed by atoms with van der Waals surface area (Å²) in [5.41, 5.74) is 1.79. The minimum Gasteiger partial charge on any atom is -0.350 e. The number of aryl methyl sites for hydroxylation is 1. The molecule has 6 heteroatoms. The number of hydrogen-bond donors (Lipinski definition) is 1. The molecule has 0 bridgehead atoms. The van der Waals surface area contributed by atoms with Crippen LogP contribution in [0.3, 0.4) is 0 Å². The third-order valence-corrected chi connectivity index (χ3v) is 5.24. The van der Waals surface area contributed by atoms with E-state index in [1.54, 1.807) is 17.4 Å². The molecule has 0 spiro atoms. The highest BCUT2D eigenvalue weighted by Crippen LogP contribution is 2.26. The molecule has 2 rings (SSSR count). The fourth-order valence-electron chi connectivity index (χ4n) is 1.94. The van der Waals surface area contributed by atoms with Crippen LogP contribution in [0.15, 0.2) is 23.6 Å². The molecule has 0 aliphatic heterocycles. The molecule has 0 atom stereocenters. The number of aromatic nitrogens is 1. The number of hydrogen-bond acceptors (Lipinski definition) is 3. The number of thiazole rings is 1. The fraction of sp³-hybridized carbons (Fsp3) is 0.375. The molecule has 0 aliphatic rings. The normalized spacial score (nSPS) is 11.0. The Kier molecular flexibility index (Phi) is 6.24. The van der Waals surface area contributed by atoms with Crippen molar-refractivity contribution < 1.29 is 4.79 Å². The average Bonchev–Trinajstić information content (AvgIpc) is 2.96. The molecule has 0 fully saturated rings. The summed E-state index contributed by atoms with van der Waals surface area (Å²) in [5, 5.41) is 7.01. The summed E-state index contributed by atoms with van der Waals surface area (Å²) in [6, 6.07) is 5.46. The summed E-state index contributed by atoms with van der Waals surface area (Å²) in [6.45, 7) is 4.68. The Morgan fingerprint density at radius 2 is 2.14 bits per heavy atom. The van der Waals surface area contributed by atoms with Crippen molar-refractivity contribution in [1.29, 1.82) is 0 Å². The summed E-state index contributed by atoms with van der Waals surface area (Å²) >= 11 is 13.7. The van der Waals surface area contributed by atoms with Crippen molar-refractivity contribution in [3.05, 3.63) is 49.9 Å². The molecule has 0 saturated carbocycles. The minimum atomic E-state index is -0.0184. The first kappa shape index (κ1) is 17.3. The van der Waals surface area contributed by atoms with Crippen LogP contribution in [0.1, 0.15) is 42.5 Å². The van der Waals surface area contributed by atoms with Gasteiger partial charge in [0.25, 0.3) is 0 Å².